The van der Waals surface area contributed by atoms with Crippen LogP contribution in [0.25, 0.3) is 33.5 Å². The molecule has 0 aliphatic heterocycles. The van der Waals surface area contributed by atoms with E-state index in [4.69, 9.17) is 30.5 Å². The first-order valence-electron chi connectivity index (χ1n) is 13.4. The van der Waals surface area contributed by atoms with Crippen LogP contribution >= 0.6 is 27.5 Å². The molecule has 6 aromatic rings. The van der Waals surface area contributed by atoms with Gasteiger partial charge in [0, 0.05) is 27.6 Å². The molecule has 44 heavy (non-hydrogen) atoms. The maximum Gasteiger partial charge on any atom is 0.282 e. The number of rotatable bonds is 9. The number of nitro benzene ring substituents is 1. The van der Waals surface area contributed by atoms with Gasteiger partial charge in [-0.1, -0.05) is 54.1 Å². The monoisotopic (exact) mass is 672 g/mol. The molecule has 0 bridgehead atoms. The lowest BCUT2D eigenvalue weighted by molar-refractivity contribution is -0.384. The average Bonchev–Trinajstić information content (AvgIpc) is 3.47. The Kier molecular flexibility index (Phi) is 8.14. The van der Waals surface area contributed by atoms with Gasteiger partial charge in [-0.15, -0.1) is 0 Å². The molecule has 0 N–H and O–H groups in total. The van der Waals surface area contributed by atoms with Crippen molar-refractivity contribution in [2.45, 2.75) is 13.5 Å². The zero-order chi connectivity index (χ0) is 30.8. The van der Waals surface area contributed by atoms with Crippen LogP contribution in [-0.4, -0.2) is 27.4 Å². The van der Waals surface area contributed by atoms with Crippen LogP contribution in [0.15, 0.2) is 104 Å². The van der Waals surface area contributed by atoms with Crippen LogP contribution in [0.3, 0.4) is 0 Å². The lowest BCUT2D eigenvalue weighted by Crippen LogP contribution is -2.20. The first-order chi connectivity index (χ1) is 21.3. The molecule has 4 aromatic carbocycles. The number of non-ortho nitro benzene ring substituents is 1. The van der Waals surface area contributed by atoms with Crippen molar-refractivity contribution in [3.8, 4) is 23.1 Å². The molecule has 0 atom stereocenters. The number of aromatic nitrogens is 2. The largest absolute Gasteiger partial charge is 0.490 e. The molecule has 0 saturated carbocycles. The number of furan rings is 1. The van der Waals surface area contributed by atoms with Crippen molar-refractivity contribution in [2.24, 2.45) is 5.10 Å². The van der Waals surface area contributed by atoms with Crippen molar-refractivity contribution in [3.05, 3.63) is 126 Å². The number of nitro groups is 1. The van der Waals surface area contributed by atoms with Crippen molar-refractivity contribution in [1.29, 1.82) is 0 Å². The predicted molar refractivity (Wildman–Crippen MR) is 172 cm³/mol. The van der Waals surface area contributed by atoms with Crippen LogP contribution in [0.2, 0.25) is 5.02 Å². The lowest BCUT2D eigenvalue weighted by Gasteiger charge is -2.16. The van der Waals surface area contributed by atoms with Crippen LogP contribution in [0.1, 0.15) is 18.1 Å². The number of hydrogen-bond acceptors (Lipinski definition) is 8. The number of para-hydroxylation sites is 2. The molecule has 2 heterocycles. The van der Waals surface area contributed by atoms with Crippen LogP contribution < -0.4 is 15.0 Å². The number of hydrogen-bond donors (Lipinski definition) is 0. The summed E-state index contributed by atoms with van der Waals surface area (Å²) in [6, 6.07) is 24.1. The van der Waals surface area contributed by atoms with Crippen molar-refractivity contribution in [2.75, 3.05) is 6.61 Å². The third kappa shape index (κ3) is 5.67. The molecule has 0 fully saturated rings. The van der Waals surface area contributed by atoms with Gasteiger partial charge in [0.25, 0.3) is 11.2 Å². The van der Waals surface area contributed by atoms with E-state index < -0.39 is 4.92 Å². The Morgan fingerprint density at radius 1 is 1.07 bits per heavy atom. The molecule has 0 unspecified atom stereocenters. The second-order valence-electron chi connectivity index (χ2n) is 9.53. The van der Waals surface area contributed by atoms with Gasteiger partial charge in [0.1, 0.15) is 17.2 Å². The Bertz CT molecular complexity index is 2110. The maximum atomic E-state index is 13.7. The van der Waals surface area contributed by atoms with Crippen molar-refractivity contribution in [1.82, 2.24) is 9.66 Å². The molecule has 0 aliphatic carbocycles. The van der Waals surface area contributed by atoms with E-state index in [1.54, 1.807) is 36.4 Å². The molecule has 6 rings (SSSR count). The fourth-order valence-electron chi connectivity index (χ4n) is 4.61. The van der Waals surface area contributed by atoms with Crippen molar-refractivity contribution in [3.63, 3.8) is 0 Å². The topological polar surface area (TPSA) is 122 Å². The van der Waals surface area contributed by atoms with Crippen LogP contribution in [0.5, 0.6) is 11.5 Å². The Labute approximate surface area is 263 Å². The third-order valence-corrected chi connectivity index (χ3v) is 8.12. The van der Waals surface area contributed by atoms with Gasteiger partial charge >= 0.3 is 0 Å². The highest BCUT2D eigenvalue weighted by atomic mass is 79.9. The van der Waals surface area contributed by atoms with E-state index in [-0.39, 0.29) is 34.5 Å². The van der Waals surface area contributed by atoms with Gasteiger partial charge < -0.3 is 13.9 Å². The summed E-state index contributed by atoms with van der Waals surface area (Å²) in [6.45, 7) is 2.14. The standard InChI is InChI=1S/C32H22BrClN4O6/c1-2-42-26-16-21(28(33)29(34)30(26)43-18-19-8-7-10-22(14-19)38(40)41)17-35-37-31(27-15-20-9-3-6-13-25(20)44-27)36-24-12-5-4-11-23(24)32(37)39/h3-17H,2,18H2,1H3. The van der Waals surface area contributed by atoms with E-state index in [0.29, 0.717) is 50.2 Å². The number of nitrogens with zero attached hydrogens (tertiary/aromatic N) is 4. The fraction of sp³-hybridized carbons (Fsp3) is 0.0938. The summed E-state index contributed by atoms with van der Waals surface area (Å²) in [5.41, 5.74) is 1.81. The smallest absolute Gasteiger partial charge is 0.282 e. The molecule has 0 aliphatic rings. The summed E-state index contributed by atoms with van der Waals surface area (Å²) in [5, 5.41) is 17.1. The number of halogens is 2. The van der Waals surface area contributed by atoms with Gasteiger partial charge in [-0.25, -0.2) is 4.98 Å². The van der Waals surface area contributed by atoms with Crippen LogP contribution in [0.4, 0.5) is 5.69 Å². The highest BCUT2D eigenvalue weighted by Crippen LogP contribution is 2.43. The van der Waals surface area contributed by atoms with Crippen LogP contribution in [-0.2, 0) is 6.61 Å². The number of benzene rings is 4. The molecule has 0 spiro atoms. The highest BCUT2D eigenvalue weighted by Gasteiger charge is 2.20. The summed E-state index contributed by atoms with van der Waals surface area (Å²) in [6.07, 6.45) is 1.47. The lowest BCUT2D eigenvalue weighted by atomic mass is 10.2. The van der Waals surface area contributed by atoms with E-state index in [0.717, 1.165) is 5.39 Å². The highest BCUT2D eigenvalue weighted by molar-refractivity contribution is 9.10. The first-order valence-corrected chi connectivity index (χ1v) is 14.6. The molecule has 10 nitrogen and oxygen atoms in total. The van der Waals surface area contributed by atoms with Crippen molar-refractivity contribution >= 4 is 61.3 Å². The van der Waals surface area contributed by atoms with Gasteiger partial charge in [0.05, 0.1) is 28.6 Å². The van der Waals surface area contributed by atoms with E-state index in [9.17, 15) is 14.9 Å². The molecule has 0 radical (unpaired) electrons. The van der Waals surface area contributed by atoms with Gasteiger partial charge in [0.15, 0.2) is 17.3 Å². The minimum Gasteiger partial charge on any atom is -0.490 e. The number of ether oxygens (including phenoxy) is 2. The molecule has 0 saturated heterocycles. The SMILES string of the molecule is CCOc1cc(C=Nn2c(-c3cc4ccccc4o3)nc3ccccc3c2=O)c(Br)c(Cl)c1OCc1cccc([N+](=O)[O-])c1. The van der Waals surface area contributed by atoms with E-state index >= 15 is 0 Å². The van der Waals surface area contributed by atoms with E-state index in [2.05, 4.69) is 21.0 Å². The quantitative estimate of drug-likeness (QED) is 0.0866. The van der Waals surface area contributed by atoms with E-state index in [1.807, 2.05) is 43.3 Å². The summed E-state index contributed by atoms with van der Waals surface area (Å²) in [4.78, 5) is 29.1. The molecule has 12 heteroatoms. The third-order valence-electron chi connectivity index (χ3n) is 6.67. The summed E-state index contributed by atoms with van der Waals surface area (Å²) < 4.78 is 19.5. The Morgan fingerprint density at radius 2 is 1.86 bits per heavy atom. The summed E-state index contributed by atoms with van der Waals surface area (Å²) in [5.74, 6) is 1.18. The molecule has 0 amide bonds. The molecule has 220 valence electrons. The van der Waals surface area contributed by atoms with Crippen LogP contribution in [0, 0.1) is 10.1 Å². The van der Waals surface area contributed by atoms with Gasteiger partial charge in [-0.3, -0.25) is 14.9 Å². The minimum absolute atomic E-state index is 0.0142. The summed E-state index contributed by atoms with van der Waals surface area (Å²) in [7, 11) is 0. The Hall–Kier alpha value is -5.00. The maximum absolute atomic E-state index is 13.7. The zero-order valence-electron chi connectivity index (χ0n) is 23.1. The molecular weight excluding hydrogens is 652 g/mol. The van der Waals surface area contributed by atoms with Gasteiger partial charge in [-0.2, -0.15) is 9.78 Å². The van der Waals surface area contributed by atoms with E-state index in [1.165, 1.54) is 23.0 Å². The molecule has 2 aromatic heterocycles. The number of fused-ring (bicyclic) bond motifs is 2. The normalized spacial score (nSPS) is 11.4. The average molecular weight is 674 g/mol. The van der Waals surface area contributed by atoms with Gasteiger partial charge in [0.2, 0.25) is 5.82 Å². The molecular formula is C32H22BrClN4O6. The fourth-order valence-corrected chi connectivity index (χ4v) is 5.27. The second-order valence-corrected chi connectivity index (χ2v) is 10.7. The Balaban J connectivity index is 1.41. The minimum atomic E-state index is -0.469. The predicted octanol–water partition coefficient (Wildman–Crippen LogP) is 7.99. The first kappa shape index (κ1) is 29.1. The zero-order valence-corrected chi connectivity index (χ0v) is 25.4. The second kappa shape index (κ2) is 12.3. The summed E-state index contributed by atoms with van der Waals surface area (Å²) >= 11 is 10.3. The van der Waals surface area contributed by atoms with Gasteiger partial charge in [-0.05, 0) is 58.7 Å². The Morgan fingerprint density at radius 3 is 2.66 bits per heavy atom. The van der Waals surface area contributed by atoms with Crippen molar-refractivity contribution < 1.29 is 18.8 Å².